The number of nitrogens with zero attached hydrogens (tertiary/aromatic N) is 3. The summed E-state index contributed by atoms with van der Waals surface area (Å²) in [5.41, 5.74) is -0.978. The standard InChI is InChI=1S/C46H66N6O9S/c1-6-31-28-46(31,42(55)50-62(58,59)45(5)21-22-45)49-39(53)36-27-32(29-52(36)41(54)38(44(2,3)4)48-43(56)57)61-40-34(17-10-7-9-15-30-19-20-30)37(33-16-11-12-18-35(33)47-40)60-26-25-51-23-13-8-14-24-51/h6,11-12,16,18,30-32,36,38,48H,1,7-10,13-15,17,19-29H2,2-5H3,(H,49,53)(H,50,55)(H,56,57)/t31-,32?,36+,38-,46-/m1/s1. The van der Waals surface area contributed by atoms with E-state index >= 15 is 0 Å². The van der Waals surface area contributed by atoms with E-state index in [1.165, 1.54) is 49.5 Å². The quantitative estimate of drug-likeness (QED) is 0.0941. The highest BCUT2D eigenvalue weighted by atomic mass is 32.2. The number of carboxylic acid groups (broad SMARTS) is 1. The Bertz CT molecular complexity index is 2130. The van der Waals surface area contributed by atoms with Crippen LogP contribution in [0.1, 0.15) is 117 Å². The van der Waals surface area contributed by atoms with Gasteiger partial charge >= 0.3 is 6.09 Å². The molecule has 0 radical (unpaired) electrons. The summed E-state index contributed by atoms with van der Waals surface area (Å²) in [6.07, 6.45) is 11.5. The van der Waals surface area contributed by atoms with E-state index in [4.69, 9.17) is 14.5 Å². The molecule has 5 atom stereocenters. The summed E-state index contributed by atoms with van der Waals surface area (Å²) < 4.78 is 41.0. The molecule has 340 valence electrons. The van der Waals surface area contributed by atoms with Gasteiger partial charge in [0.2, 0.25) is 27.7 Å². The molecule has 2 aliphatic heterocycles. The number of benzene rings is 1. The zero-order chi connectivity index (χ0) is 44.5. The van der Waals surface area contributed by atoms with Crippen molar-refractivity contribution in [2.24, 2.45) is 17.3 Å². The lowest BCUT2D eigenvalue weighted by Crippen LogP contribution is -2.60. The molecule has 15 nitrogen and oxygen atoms in total. The van der Waals surface area contributed by atoms with Crippen LogP contribution in [0.15, 0.2) is 36.9 Å². The Kier molecular flexibility index (Phi) is 13.5. The van der Waals surface area contributed by atoms with Crippen LogP contribution in [0, 0.1) is 17.3 Å². The van der Waals surface area contributed by atoms with E-state index in [-0.39, 0.29) is 19.4 Å². The van der Waals surface area contributed by atoms with Crippen LogP contribution >= 0.6 is 0 Å². The van der Waals surface area contributed by atoms with Gasteiger partial charge in [0.25, 0.3) is 5.91 Å². The number of likely N-dealkylation sites (tertiary alicyclic amines) is 2. The van der Waals surface area contributed by atoms with Crippen LogP contribution in [0.5, 0.6) is 11.6 Å². The third kappa shape index (κ3) is 10.3. The molecule has 62 heavy (non-hydrogen) atoms. The fourth-order valence-corrected chi connectivity index (χ4v) is 10.4. The Balaban J connectivity index is 1.18. The Morgan fingerprint density at radius 1 is 1.06 bits per heavy atom. The Morgan fingerprint density at radius 2 is 1.79 bits per heavy atom. The highest BCUT2D eigenvalue weighted by Gasteiger charge is 2.63. The predicted octanol–water partition coefficient (Wildman–Crippen LogP) is 5.70. The molecule has 4 N–H and O–H groups in total. The average molecular weight is 879 g/mol. The third-order valence-electron chi connectivity index (χ3n) is 13.6. The monoisotopic (exact) mass is 878 g/mol. The molecule has 16 heteroatoms. The lowest BCUT2D eigenvalue weighted by Gasteiger charge is -2.35. The summed E-state index contributed by atoms with van der Waals surface area (Å²) in [4.78, 5) is 63.6. The van der Waals surface area contributed by atoms with Crippen molar-refractivity contribution in [3.8, 4) is 11.6 Å². The van der Waals surface area contributed by atoms with E-state index in [1.54, 1.807) is 27.7 Å². The number of aromatic nitrogens is 1. The van der Waals surface area contributed by atoms with E-state index in [9.17, 15) is 32.7 Å². The number of pyridine rings is 1. The van der Waals surface area contributed by atoms with Crippen LogP contribution in [-0.2, 0) is 30.8 Å². The maximum absolute atomic E-state index is 14.5. The summed E-state index contributed by atoms with van der Waals surface area (Å²) in [5, 5.41) is 15.9. The van der Waals surface area contributed by atoms with Gasteiger partial charge in [0.05, 0.1) is 22.4 Å². The predicted molar refractivity (Wildman–Crippen MR) is 235 cm³/mol. The number of sulfonamides is 1. The van der Waals surface area contributed by atoms with Gasteiger partial charge in [0.1, 0.15) is 36.1 Å². The van der Waals surface area contributed by atoms with Gasteiger partial charge in [0, 0.05) is 24.3 Å². The number of para-hydroxylation sites is 1. The second-order valence-corrected chi connectivity index (χ2v) is 21.9. The first-order valence-corrected chi connectivity index (χ1v) is 24.2. The molecular weight excluding hydrogens is 813 g/mol. The lowest BCUT2D eigenvalue weighted by molar-refractivity contribution is -0.142. The van der Waals surface area contributed by atoms with Crippen LogP contribution in [0.4, 0.5) is 4.79 Å². The number of carbonyl (C=O) groups excluding carboxylic acids is 3. The summed E-state index contributed by atoms with van der Waals surface area (Å²) in [5.74, 6) is -0.808. The Labute approximate surface area is 366 Å². The number of piperidine rings is 1. The van der Waals surface area contributed by atoms with Crippen molar-refractivity contribution in [1.29, 1.82) is 0 Å². The van der Waals surface area contributed by atoms with E-state index < -0.39 is 73.6 Å². The molecule has 1 unspecified atom stereocenters. The van der Waals surface area contributed by atoms with Crippen molar-refractivity contribution in [2.45, 2.75) is 146 Å². The number of carbonyl (C=O) groups is 4. The minimum absolute atomic E-state index is 0.00514. The van der Waals surface area contributed by atoms with Gasteiger partial charge in [-0.2, -0.15) is 0 Å². The highest BCUT2D eigenvalue weighted by Crippen LogP contribution is 2.47. The number of unbranched alkanes of at least 4 members (excludes halogenated alkanes) is 2. The topological polar surface area (TPSA) is 197 Å². The average Bonchev–Trinajstić information content (AvgIpc) is 4.18. The minimum atomic E-state index is -4.02. The summed E-state index contributed by atoms with van der Waals surface area (Å²) in [7, 11) is -4.02. The van der Waals surface area contributed by atoms with Crippen LogP contribution in [0.25, 0.3) is 10.9 Å². The van der Waals surface area contributed by atoms with E-state index in [0.29, 0.717) is 37.3 Å². The van der Waals surface area contributed by atoms with E-state index in [0.717, 1.165) is 61.5 Å². The molecule has 2 aromatic rings. The molecule has 3 heterocycles. The SMILES string of the molecule is C=C[C@@H]1C[C@]1(NC(=O)[C@@H]1CC(Oc2nc3ccccc3c(OCCN3CCCCC3)c2CCCCCC2CC2)CN1C(=O)[C@@H](NC(=O)O)C(C)(C)C)C(=O)NS(=O)(=O)C1(C)CC1. The first kappa shape index (κ1) is 45.6. The largest absolute Gasteiger partial charge is 0.491 e. The fourth-order valence-electron chi connectivity index (χ4n) is 9.05. The first-order chi connectivity index (χ1) is 29.4. The second kappa shape index (κ2) is 18.3. The normalized spacial score (nSPS) is 25.1. The van der Waals surface area contributed by atoms with Crippen LogP contribution in [-0.4, -0.2) is 113 Å². The first-order valence-electron chi connectivity index (χ1n) is 22.7. The van der Waals surface area contributed by atoms with Crippen molar-refractivity contribution in [2.75, 3.05) is 32.8 Å². The van der Waals surface area contributed by atoms with Gasteiger partial charge in [-0.05, 0) is 88.4 Å². The smallest absolute Gasteiger partial charge is 0.405 e. The van der Waals surface area contributed by atoms with Gasteiger partial charge in [-0.3, -0.25) is 24.0 Å². The summed E-state index contributed by atoms with van der Waals surface area (Å²) >= 11 is 0. The molecule has 3 saturated carbocycles. The number of hydrogen-bond acceptors (Lipinski definition) is 10. The molecular formula is C46H66N6O9S. The number of fused-ring (bicyclic) bond motifs is 1. The zero-order valence-corrected chi connectivity index (χ0v) is 37.7. The molecule has 3 aliphatic carbocycles. The van der Waals surface area contributed by atoms with Gasteiger partial charge in [-0.15, -0.1) is 6.58 Å². The van der Waals surface area contributed by atoms with Gasteiger partial charge < -0.3 is 30.1 Å². The van der Waals surface area contributed by atoms with Crippen molar-refractivity contribution < 1.29 is 42.2 Å². The molecule has 1 aromatic heterocycles. The number of amides is 4. The summed E-state index contributed by atoms with van der Waals surface area (Å²) in [6.45, 7) is 13.9. The zero-order valence-electron chi connectivity index (χ0n) is 36.9. The lowest BCUT2D eigenvalue weighted by atomic mass is 9.85. The van der Waals surface area contributed by atoms with Gasteiger partial charge in [-0.25, -0.2) is 18.2 Å². The van der Waals surface area contributed by atoms with E-state index in [2.05, 4.69) is 26.8 Å². The number of hydrogen-bond donors (Lipinski definition) is 4. The van der Waals surface area contributed by atoms with Crippen LogP contribution < -0.4 is 24.8 Å². The minimum Gasteiger partial charge on any atom is -0.491 e. The molecule has 0 spiro atoms. The number of ether oxygens (including phenoxy) is 2. The van der Waals surface area contributed by atoms with Gasteiger partial charge in [0.15, 0.2) is 0 Å². The molecule has 5 aliphatic rings. The van der Waals surface area contributed by atoms with Gasteiger partial charge in [-0.1, -0.05) is 77.5 Å². The summed E-state index contributed by atoms with van der Waals surface area (Å²) in [6, 6.07) is 5.35. The van der Waals surface area contributed by atoms with Crippen molar-refractivity contribution in [1.82, 2.24) is 30.1 Å². The molecule has 7 rings (SSSR count). The molecule has 1 aromatic carbocycles. The molecule has 5 fully saturated rings. The Hall–Kier alpha value is -4.44. The van der Waals surface area contributed by atoms with Crippen LogP contribution in [0.2, 0.25) is 0 Å². The molecule has 2 saturated heterocycles. The van der Waals surface area contributed by atoms with Crippen molar-refractivity contribution in [3.63, 3.8) is 0 Å². The maximum Gasteiger partial charge on any atom is 0.405 e. The fraction of sp³-hybridized carbons (Fsp3) is 0.674. The molecule has 4 amide bonds. The number of nitrogens with one attached hydrogen (secondary N) is 3. The number of rotatable bonds is 20. The van der Waals surface area contributed by atoms with Crippen molar-refractivity contribution in [3.05, 3.63) is 42.5 Å². The van der Waals surface area contributed by atoms with E-state index in [1.807, 2.05) is 24.3 Å². The van der Waals surface area contributed by atoms with Crippen molar-refractivity contribution >= 4 is 44.7 Å². The Morgan fingerprint density at radius 3 is 2.44 bits per heavy atom. The maximum atomic E-state index is 14.5. The highest BCUT2D eigenvalue weighted by molar-refractivity contribution is 7.91. The third-order valence-corrected chi connectivity index (χ3v) is 15.8. The molecule has 0 bridgehead atoms. The van der Waals surface area contributed by atoms with Crippen LogP contribution in [0.3, 0.4) is 0 Å². The second-order valence-electron chi connectivity index (χ2n) is 19.7.